The molecule has 3 aliphatic rings. The second-order valence-electron chi connectivity index (χ2n) is 18.5. The summed E-state index contributed by atoms with van der Waals surface area (Å²) in [4.78, 5) is 110. The molecule has 16 N–H and O–H groups in total. The summed E-state index contributed by atoms with van der Waals surface area (Å²) in [6, 6.07) is 0. The Hall–Kier alpha value is -5.68. The molecule has 6 aromatic rings. The average molecular weight is 1260 g/mol. The number of aromatic nitrogens is 12. The summed E-state index contributed by atoms with van der Waals surface area (Å²) in [7, 11) is -19.6. The third kappa shape index (κ3) is 13.4. The maximum Gasteiger partial charge on any atom is 0.490 e. The lowest BCUT2D eigenvalue weighted by Crippen LogP contribution is -2.38. The van der Waals surface area contributed by atoms with Crippen molar-refractivity contribution in [2.45, 2.75) is 80.4 Å². The summed E-state index contributed by atoms with van der Waals surface area (Å²) >= 11 is 0. The molecule has 41 nitrogen and oxygen atoms in total. The van der Waals surface area contributed by atoms with Gasteiger partial charge < -0.3 is 81.1 Å². The number of H-pyrrole nitrogens is 2. The highest BCUT2D eigenvalue weighted by molar-refractivity contribution is 7.66. The number of carbonyl (C=O) groups excluding carboxylic acids is 1. The number of aliphatic hydroxyl groups is 3. The predicted molar refractivity (Wildman–Crippen MR) is 271 cm³/mol. The van der Waals surface area contributed by atoms with E-state index in [1.54, 1.807) is 0 Å². The van der Waals surface area contributed by atoms with E-state index in [1.165, 1.54) is 34.2 Å². The molecule has 0 spiro atoms. The summed E-state index contributed by atoms with van der Waals surface area (Å²) in [5.74, 6) is -2.32. The molecule has 9 rings (SSSR count). The van der Waals surface area contributed by atoms with Crippen LogP contribution in [0.4, 0.5) is 17.7 Å². The first kappa shape index (κ1) is 61.9. The lowest BCUT2D eigenvalue weighted by molar-refractivity contribution is -0.646. The molecule has 3 saturated heterocycles. The molecular weight excluding hydrogens is 1200 g/mol. The van der Waals surface area contributed by atoms with Gasteiger partial charge in [0.1, 0.15) is 54.6 Å². The van der Waals surface area contributed by atoms with Crippen molar-refractivity contribution < 1.29 is 113 Å². The van der Waals surface area contributed by atoms with Gasteiger partial charge in [0.15, 0.2) is 35.1 Å². The highest BCUT2D eigenvalue weighted by Gasteiger charge is 2.54. The van der Waals surface area contributed by atoms with Gasteiger partial charge in [-0.05, 0) is 6.42 Å². The first-order chi connectivity index (χ1) is 39.1. The summed E-state index contributed by atoms with van der Waals surface area (Å²) in [5, 5.41) is 36.0. The van der Waals surface area contributed by atoms with E-state index < -0.39 is 142 Å². The lowest BCUT2D eigenvalue weighted by atomic mass is 9.93. The summed E-state index contributed by atoms with van der Waals surface area (Å²) in [6.07, 6.45) is -13.7. The second kappa shape index (κ2) is 24.4. The number of rotatable bonds is 25. The quantitative estimate of drug-likeness (QED) is 0.0148. The molecule has 456 valence electrons. The van der Waals surface area contributed by atoms with Crippen molar-refractivity contribution in [3.05, 3.63) is 46.0 Å². The van der Waals surface area contributed by atoms with Gasteiger partial charge in [-0.25, -0.2) is 42.8 Å². The van der Waals surface area contributed by atoms with Crippen LogP contribution < -0.4 is 38.2 Å². The number of aliphatic hydroxyl groups excluding tert-OH is 3. The first-order valence-corrected chi connectivity index (χ1v) is 30.1. The molecule has 0 bridgehead atoms. The average Bonchev–Trinajstić information content (AvgIpc) is 4.42. The smallest absolute Gasteiger partial charge is 0.387 e. The lowest BCUT2D eigenvalue weighted by Gasteiger charge is -2.26. The van der Waals surface area contributed by atoms with E-state index in [9.17, 15) is 67.5 Å². The molecule has 45 heteroatoms. The van der Waals surface area contributed by atoms with Crippen LogP contribution in [-0.4, -0.2) is 190 Å². The first-order valence-electron chi connectivity index (χ1n) is 24.2. The number of nitrogen functional groups attached to an aromatic ring is 3. The highest BCUT2D eigenvalue weighted by Crippen LogP contribution is 2.68. The number of anilines is 3. The highest BCUT2D eigenvalue weighted by atomic mass is 31.3. The van der Waals surface area contributed by atoms with Gasteiger partial charge in [0.05, 0.1) is 52.2 Å². The van der Waals surface area contributed by atoms with Crippen molar-refractivity contribution in [2.24, 2.45) is 13.0 Å². The minimum absolute atomic E-state index is 0.00138. The number of hydrogen-bond acceptors (Lipinski definition) is 30. The molecule has 16 atom stereocenters. The number of phosphoric ester groups is 3. The molecule has 3 aliphatic heterocycles. The van der Waals surface area contributed by atoms with Crippen molar-refractivity contribution in [1.29, 1.82) is 0 Å². The van der Waals surface area contributed by atoms with Crippen molar-refractivity contribution in [2.75, 3.05) is 64.4 Å². The molecule has 3 fully saturated rings. The fourth-order valence-corrected chi connectivity index (χ4v) is 13.9. The van der Waals surface area contributed by atoms with Gasteiger partial charge in [0.25, 0.3) is 16.7 Å². The zero-order chi connectivity index (χ0) is 60.1. The molecule has 0 saturated carbocycles. The van der Waals surface area contributed by atoms with E-state index in [1.807, 2.05) is 0 Å². The minimum Gasteiger partial charge on any atom is -0.387 e. The maximum atomic E-state index is 13.8. The van der Waals surface area contributed by atoms with Crippen LogP contribution in [-0.2, 0) is 80.5 Å². The normalized spacial score (nSPS) is 28.6. The molecule has 0 aliphatic carbocycles. The number of aryl methyl sites for hydroxylation is 1. The van der Waals surface area contributed by atoms with Gasteiger partial charge in [0, 0.05) is 33.1 Å². The minimum atomic E-state index is -6.24. The number of phosphoric acid groups is 4. The molecular formula is C38H55N16O25P4+. The van der Waals surface area contributed by atoms with Crippen molar-refractivity contribution in [3.8, 4) is 0 Å². The van der Waals surface area contributed by atoms with Crippen molar-refractivity contribution in [1.82, 2.24) is 58.9 Å². The Balaban J connectivity index is 0.874. The summed E-state index contributed by atoms with van der Waals surface area (Å²) < 4.78 is 116. The van der Waals surface area contributed by atoms with Crippen LogP contribution >= 0.6 is 31.3 Å². The summed E-state index contributed by atoms with van der Waals surface area (Å²) in [6.45, 7) is -2.99. The molecule has 1 amide bonds. The molecule has 6 aromatic heterocycles. The Morgan fingerprint density at radius 1 is 0.699 bits per heavy atom. The SMILES string of the molecule is COCCNC(=O)CC[C@@H]1[C@@H](COP(=O)(O)OP(=O)(O)OP(=O)(O)OC[C@H]2O[C@@H](n3cnc4c(N)ncnc43)[C@H](OC)[C@@H]2OP(=O)(O)OC[C@H]2O[C@@H](n3cnc4c(=O)[nH]c(N)nc43)[C@H](O)[C@@H]2O)OC(n2c[n+](C)c3c(=O)[nH]c(N)nc32)[C@@H]1O. The van der Waals surface area contributed by atoms with Gasteiger partial charge in [0.2, 0.25) is 30.4 Å². The van der Waals surface area contributed by atoms with Crippen LogP contribution in [0.25, 0.3) is 33.5 Å². The largest absolute Gasteiger partial charge is 0.490 e. The van der Waals surface area contributed by atoms with E-state index >= 15 is 0 Å². The van der Waals surface area contributed by atoms with E-state index in [4.69, 9.17) is 59.0 Å². The van der Waals surface area contributed by atoms with E-state index in [0.29, 0.717) is 0 Å². The van der Waals surface area contributed by atoms with Crippen molar-refractivity contribution in [3.63, 3.8) is 0 Å². The third-order valence-corrected chi connectivity index (χ3v) is 18.3. The van der Waals surface area contributed by atoms with E-state index in [-0.39, 0.29) is 77.2 Å². The zero-order valence-electron chi connectivity index (χ0n) is 43.2. The third-order valence-electron chi connectivity index (χ3n) is 13.1. The molecule has 0 aromatic carbocycles. The van der Waals surface area contributed by atoms with Crippen LogP contribution in [0.1, 0.15) is 31.5 Å². The Morgan fingerprint density at radius 2 is 1.28 bits per heavy atom. The van der Waals surface area contributed by atoms with Crippen LogP contribution in [0.3, 0.4) is 0 Å². The number of hydrogen-bond donors (Lipinski definition) is 13. The van der Waals surface area contributed by atoms with Crippen LogP contribution in [0.15, 0.2) is 34.9 Å². The van der Waals surface area contributed by atoms with E-state index in [2.05, 4.69) is 53.8 Å². The van der Waals surface area contributed by atoms with Crippen LogP contribution in [0.2, 0.25) is 0 Å². The standard InChI is InChI=1S/C38H54N16O25P4/c1-51-14-54(31-22(51)33(60)50-38(41)48-31)34-23(56)15(4-5-19(55)42-6-7-69-2)16(74-34)8-72-81(63,64)78-83(67,68)79-82(65,66)73-10-18-26(27(70-3)36(76-18)52-12-45-20-28(39)43-11-44-29(20)52)77-80(61,62)71-9-17-24(57)25(58)35(75-17)53-13-46-21-30(53)47-37(40)49-32(21)59/h11-18,23-27,34-36,56-58H,4-10H2,1-3H3,(H12-,39,40,41,42,43,44,47,48,49,50,55,59,60,61,62,63,64,65,66,67,68)/p+1/t15-,16-,17-,18-,23-,24-,25-,26-,27-,34?,35-,36-/m1/s1. The number of nitrogens with one attached hydrogen (secondary N) is 3. The van der Waals surface area contributed by atoms with Gasteiger partial charge in [-0.1, -0.05) is 0 Å². The number of amides is 1. The maximum absolute atomic E-state index is 13.8. The number of imidazole rings is 3. The van der Waals surface area contributed by atoms with Gasteiger partial charge in [-0.3, -0.25) is 51.6 Å². The molecule has 5 unspecified atom stereocenters. The molecule has 0 radical (unpaired) electrons. The number of carbonyl (C=O) groups is 1. The number of fused-ring (bicyclic) bond motifs is 3. The predicted octanol–water partition coefficient (Wildman–Crippen LogP) is -3.91. The van der Waals surface area contributed by atoms with Crippen LogP contribution in [0.5, 0.6) is 0 Å². The number of aromatic amines is 2. The number of methoxy groups -OCH3 is 2. The fraction of sp³-hybridized carbons (Fsp3) is 0.579. The van der Waals surface area contributed by atoms with Crippen molar-refractivity contribution >= 4 is 88.4 Å². The summed E-state index contributed by atoms with van der Waals surface area (Å²) in [5.41, 5.74) is 15.6. The zero-order valence-corrected chi connectivity index (χ0v) is 46.7. The second-order valence-corrected chi connectivity index (χ2v) is 24.6. The Labute approximate surface area is 462 Å². The Morgan fingerprint density at radius 3 is 1.95 bits per heavy atom. The Bertz CT molecular complexity index is 3700. The molecule has 9 heterocycles. The topological polar surface area (TPSA) is 580 Å². The van der Waals surface area contributed by atoms with Gasteiger partial charge in [-0.15, -0.1) is 0 Å². The van der Waals surface area contributed by atoms with E-state index in [0.717, 1.165) is 30.7 Å². The van der Waals surface area contributed by atoms with Gasteiger partial charge in [-0.2, -0.15) is 23.2 Å². The number of ether oxygens (including phenoxy) is 5. The fourth-order valence-electron chi connectivity index (χ4n) is 9.41. The monoisotopic (exact) mass is 1260 g/mol. The molecule has 83 heavy (non-hydrogen) atoms. The van der Waals surface area contributed by atoms with Gasteiger partial charge >= 0.3 is 36.9 Å². The number of nitrogens with zero attached hydrogens (tertiary/aromatic N) is 10. The van der Waals surface area contributed by atoms with Crippen LogP contribution in [0, 0.1) is 5.92 Å². The Kier molecular flexibility index (Phi) is 18.2. The number of nitrogens with two attached hydrogens (primary N) is 3.